The van der Waals surface area contributed by atoms with Gasteiger partial charge in [0.05, 0.1) is 11.6 Å². The molecule has 0 amide bonds. The predicted molar refractivity (Wildman–Crippen MR) is 118 cm³/mol. The zero-order chi connectivity index (χ0) is 22.1. The summed E-state index contributed by atoms with van der Waals surface area (Å²) < 4.78 is 10.9. The van der Waals surface area contributed by atoms with E-state index in [2.05, 4.69) is 9.98 Å². The Kier molecular flexibility index (Phi) is 8.61. The molecule has 160 valence electrons. The van der Waals surface area contributed by atoms with Gasteiger partial charge in [-0.2, -0.15) is 0 Å². The zero-order valence-corrected chi connectivity index (χ0v) is 18.2. The van der Waals surface area contributed by atoms with Crippen molar-refractivity contribution in [2.24, 2.45) is 10.9 Å². The van der Waals surface area contributed by atoms with E-state index in [0.29, 0.717) is 28.8 Å². The van der Waals surface area contributed by atoms with Crippen molar-refractivity contribution in [2.75, 3.05) is 13.7 Å². The number of aliphatic imine (C=N–C) groups is 1. The van der Waals surface area contributed by atoms with E-state index in [9.17, 15) is 0 Å². The molecular weight excluding hydrogens is 406 g/mol. The van der Waals surface area contributed by atoms with E-state index >= 15 is 0 Å². The average molecular weight is 432 g/mol. The number of benzene rings is 1. The van der Waals surface area contributed by atoms with Crippen LogP contribution >= 0.6 is 11.6 Å². The lowest BCUT2D eigenvalue weighted by molar-refractivity contribution is 0.0372. The fraction of sp³-hybridized carbons (Fsp3) is 0.333. The van der Waals surface area contributed by atoms with Crippen molar-refractivity contribution in [3.8, 4) is 11.6 Å². The Labute approximate surface area is 181 Å². The lowest BCUT2D eigenvalue weighted by Crippen LogP contribution is -2.29. The molecule has 0 saturated heterocycles. The van der Waals surface area contributed by atoms with E-state index in [1.807, 2.05) is 20.8 Å². The summed E-state index contributed by atoms with van der Waals surface area (Å²) in [7, 11) is 1.63. The van der Waals surface area contributed by atoms with E-state index in [0.717, 1.165) is 0 Å². The van der Waals surface area contributed by atoms with E-state index in [1.165, 1.54) is 17.6 Å². The van der Waals surface area contributed by atoms with E-state index < -0.39 is 6.04 Å². The topological polar surface area (TPSA) is 104 Å². The molecule has 0 aliphatic carbocycles. The molecule has 1 aromatic heterocycles. The first-order chi connectivity index (χ1) is 14.3. The molecule has 2 N–H and O–H groups in total. The molecule has 0 saturated carbocycles. The van der Waals surface area contributed by atoms with Crippen LogP contribution in [0.4, 0.5) is 0 Å². The van der Waals surface area contributed by atoms with Crippen LogP contribution < -0.4 is 4.74 Å². The summed E-state index contributed by atoms with van der Waals surface area (Å²) >= 11 is 5.81. The number of hydroxylamine groups is 2. The summed E-state index contributed by atoms with van der Waals surface area (Å²) in [5.74, 6) is 1.15. The standard InChI is InChI=1S/C21H26ClN5O3/c1-5-28-21(24)19(14(2)3)26-13-27(4)30-20(23)15-6-9-17(10-7-15)29-18-11-8-16(22)12-25-18/h6-14,19,23-24H,5H2,1-4H3/b23-20?,24-21?,26-13-/t19-/m1/s1. The van der Waals surface area contributed by atoms with Crippen molar-refractivity contribution in [1.82, 2.24) is 10.0 Å². The molecule has 0 fully saturated rings. The molecule has 0 aliphatic rings. The molecule has 2 aromatic rings. The Morgan fingerprint density at radius 1 is 1.20 bits per heavy atom. The van der Waals surface area contributed by atoms with Gasteiger partial charge in [-0.05, 0) is 43.2 Å². The molecule has 9 heteroatoms. The molecule has 8 nitrogen and oxygen atoms in total. The quantitative estimate of drug-likeness (QED) is 0.337. The fourth-order valence-electron chi connectivity index (χ4n) is 2.39. The molecule has 1 aromatic carbocycles. The molecule has 0 aliphatic heterocycles. The Morgan fingerprint density at radius 3 is 2.47 bits per heavy atom. The second-order valence-electron chi connectivity index (χ2n) is 6.66. The van der Waals surface area contributed by atoms with Gasteiger partial charge >= 0.3 is 0 Å². The number of nitrogens with zero attached hydrogens (tertiary/aromatic N) is 3. The summed E-state index contributed by atoms with van der Waals surface area (Å²) in [6.45, 7) is 6.17. The first-order valence-corrected chi connectivity index (χ1v) is 9.81. The molecule has 0 unspecified atom stereocenters. The van der Waals surface area contributed by atoms with Gasteiger partial charge < -0.3 is 14.3 Å². The highest BCUT2D eigenvalue weighted by Crippen LogP contribution is 2.21. The third kappa shape index (κ3) is 7.04. The fourth-order valence-corrected chi connectivity index (χ4v) is 2.50. The molecule has 2 rings (SSSR count). The normalized spacial score (nSPS) is 11.9. The number of pyridine rings is 1. The Balaban J connectivity index is 1.94. The van der Waals surface area contributed by atoms with Crippen molar-refractivity contribution in [3.05, 3.63) is 53.2 Å². The third-order valence-electron chi connectivity index (χ3n) is 3.86. The minimum absolute atomic E-state index is 0.0545. The van der Waals surface area contributed by atoms with Gasteiger partial charge in [0, 0.05) is 24.9 Å². The van der Waals surface area contributed by atoms with Crippen LogP contribution in [-0.2, 0) is 9.57 Å². The van der Waals surface area contributed by atoms with Crippen LogP contribution in [0.2, 0.25) is 5.02 Å². The van der Waals surface area contributed by atoms with Crippen LogP contribution in [0.5, 0.6) is 11.6 Å². The maximum atomic E-state index is 8.14. The second-order valence-corrected chi connectivity index (χ2v) is 7.09. The molecular formula is C21H26ClN5O3. The number of rotatable bonds is 9. The molecule has 30 heavy (non-hydrogen) atoms. The van der Waals surface area contributed by atoms with Crippen LogP contribution in [-0.4, -0.2) is 47.9 Å². The van der Waals surface area contributed by atoms with Crippen molar-refractivity contribution in [2.45, 2.75) is 26.8 Å². The van der Waals surface area contributed by atoms with E-state index in [1.54, 1.807) is 43.4 Å². The summed E-state index contributed by atoms with van der Waals surface area (Å²) in [6.07, 6.45) is 2.95. The van der Waals surface area contributed by atoms with Gasteiger partial charge in [0.1, 0.15) is 18.1 Å². The summed E-state index contributed by atoms with van der Waals surface area (Å²) in [5, 5.41) is 17.9. The molecule has 1 atom stereocenters. The van der Waals surface area contributed by atoms with Gasteiger partial charge in [-0.3, -0.25) is 15.8 Å². The summed E-state index contributed by atoms with van der Waals surface area (Å²) in [6, 6.07) is 9.80. The predicted octanol–water partition coefficient (Wildman–Crippen LogP) is 4.78. The smallest absolute Gasteiger partial charge is 0.246 e. The van der Waals surface area contributed by atoms with Crippen molar-refractivity contribution in [1.29, 1.82) is 10.8 Å². The lowest BCUT2D eigenvalue weighted by Gasteiger charge is -2.19. The van der Waals surface area contributed by atoms with Crippen LogP contribution in [0.25, 0.3) is 0 Å². The monoisotopic (exact) mass is 431 g/mol. The number of aromatic nitrogens is 1. The second kappa shape index (κ2) is 11.2. The minimum Gasteiger partial charge on any atom is -0.480 e. The Hall–Kier alpha value is -3.13. The van der Waals surface area contributed by atoms with Gasteiger partial charge in [-0.25, -0.2) is 10.0 Å². The highest BCUT2D eigenvalue weighted by atomic mass is 35.5. The summed E-state index contributed by atoms with van der Waals surface area (Å²) in [4.78, 5) is 13.9. The minimum atomic E-state index is -0.414. The van der Waals surface area contributed by atoms with Gasteiger partial charge in [0.15, 0.2) is 0 Å². The number of halogens is 1. The number of nitrogens with one attached hydrogen (secondary N) is 2. The molecule has 0 spiro atoms. The first-order valence-electron chi connectivity index (χ1n) is 9.43. The Morgan fingerprint density at radius 2 is 1.90 bits per heavy atom. The van der Waals surface area contributed by atoms with E-state index in [4.69, 9.17) is 36.7 Å². The largest absolute Gasteiger partial charge is 0.480 e. The van der Waals surface area contributed by atoms with Crippen LogP contribution in [0, 0.1) is 16.7 Å². The van der Waals surface area contributed by atoms with Crippen LogP contribution in [0.1, 0.15) is 26.3 Å². The average Bonchev–Trinajstić information content (AvgIpc) is 2.70. The van der Waals surface area contributed by atoms with Crippen molar-refractivity contribution >= 4 is 29.7 Å². The van der Waals surface area contributed by atoms with Crippen LogP contribution in [0.15, 0.2) is 47.6 Å². The van der Waals surface area contributed by atoms with Gasteiger partial charge in [0.2, 0.25) is 17.7 Å². The molecule has 1 heterocycles. The number of hydrogen-bond donors (Lipinski definition) is 2. The molecule has 0 bridgehead atoms. The number of hydrogen-bond acceptors (Lipinski definition) is 7. The molecule has 0 radical (unpaired) electrons. The van der Waals surface area contributed by atoms with Gasteiger partial charge in [-0.15, -0.1) is 0 Å². The third-order valence-corrected chi connectivity index (χ3v) is 4.09. The highest BCUT2D eigenvalue weighted by molar-refractivity contribution is 6.30. The summed E-state index contributed by atoms with van der Waals surface area (Å²) in [5.41, 5.74) is 0.564. The highest BCUT2D eigenvalue weighted by Gasteiger charge is 2.18. The van der Waals surface area contributed by atoms with Crippen molar-refractivity contribution in [3.63, 3.8) is 0 Å². The van der Waals surface area contributed by atoms with Gasteiger partial charge in [-0.1, -0.05) is 25.4 Å². The zero-order valence-electron chi connectivity index (χ0n) is 17.4. The maximum absolute atomic E-state index is 8.14. The SMILES string of the molecule is CCOC(=N)[C@H](/N=C\N(C)OC(=N)c1ccc(Oc2ccc(Cl)cn2)cc1)C(C)C. The van der Waals surface area contributed by atoms with Gasteiger partial charge in [0.25, 0.3) is 0 Å². The maximum Gasteiger partial charge on any atom is 0.246 e. The Bertz CT molecular complexity index is 869. The first kappa shape index (κ1) is 23.2. The van der Waals surface area contributed by atoms with E-state index in [-0.39, 0.29) is 17.7 Å². The lowest BCUT2D eigenvalue weighted by atomic mass is 10.1. The number of ether oxygens (including phenoxy) is 2. The van der Waals surface area contributed by atoms with Crippen molar-refractivity contribution < 1.29 is 14.3 Å². The van der Waals surface area contributed by atoms with Crippen LogP contribution in [0.3, 0.4) is 0 Å².